The number of nitrogens with one attached hydrogen (secondary N) is 1. The minimum atomic E-state index is -0.669. The van der Waals surface area contributed by atoms with Gasteiger partial charge in [-0.15, -0.1) is 0 Å². The Morgan fingerprint density at radius 1 is 0.867 bits per heavy atom. The smallest absolute Gasteiger partial charge is 0.255 e. The van der Waals surface area contributed by atoms with Crippen LogP contribution in [0.4, 0.5) is 10.1 Å². The van der Waals surface area contributed by atoms with Gasteiger partial charge in [0.15, 0.2) is 0 Å². The van der Waals surface area contributed by atoms with Gasteiger partial charge in [-0.3, -0.25) is 9.59 Å². The molecule has 0 radical (unpaired) electrons. The lowest BCUT2D eigenvalue weighted by Crippen LogP contribution is -2.57. The second kappa shape index (κ2) is 11.9. The van der Waals surface area contributed by atoms with Crippen LogP contribution >= 0.6 is 0 Å². The predicted octanol–water partition coefficient (Wildman–Crippen LogP) is 7.28. The molecule has 0 spiro atoms. The summed E-state index contributed by atoms with van der Waals surface area (Å²) >= 11 is 0. The van der Waals surface area contributed by atoms with Crippen molar-refractivity contribution >= 4 is 28.4 Å². The van der Waals surface area contributed by atoms with Crippen LogP contribution in [-0.4, -0.2) is 58.8 Å². The number of rotatable bonds is 7. The maximum absolute atomic E-state index is 14.7. The number of fused-ring (bicyclic) bond motifs is 2. The number of aromatic nitrogens is 1. The first-order valence-electron chi connectivity index (χ1n) is 15.8. The van der Waals surface area contributed by atoms with E-state index in [0.29, 0.717) is 37.4 Å². The third-order valence-corrected chi connectivity index (χ3v) is 9.60. The summed E-state index contributed by atoms with van der Waals surface area (Å²) in [5.41, 5.74) is 6.06. The van der Waals surface area contributed by atoms with E-state index < -0.39 is 12.1 Å². The van der Waals surface area contributed by atoms with Gasteiger partial charge in [0, 0.05) is 48.2 Å². The summed E-state index contributed by atoms with van der Waals surface area (Å²) in [7, 11) is 0. The lowest BCUT2D eigenvalue weighted by Gasteiger charge is -2.42. The number of carbonyl (C=O) groups excluding carboxylic acids is 2. The summed E-state index contributed by atoms with van der Waals surface area (Å²) in [5.74, 6) is -0.521. The zero-order valence-corrected chi connectivity index (χ0v) is 25.6. The van der Waals surface area contributed by atoms with Gasteiger partial charge in [-0.2, -0.15) is 0 Å². The van der Waals surface area contributed by atoms with E-state index in [9.17, 15) is 14.0 Å². The molecule has 0 saturated carbocycles. The first-order valence-corrected chi connectivity index (χ1v) is 15.8. The lowest BCUT2D eigenvalue weighted by molar-refractivity contribution is -0.138. The molecule has 3 heterocycles. The third kappa shape index (κ3) is 4.96. The topological polar surface area (TPSA) is 59.7 Å². The van der Waals surface area contributed by atoms with Crippen LogP contribution in [0.1, 0.15) is 47.8 Å². The number of amides is 2. The number of anilines is 1. The van der Waals surface area contributed by atoms with Crippen molar-refractivity contribution in [1.82, 2.24) is 14.8 Å². The van der Waals surface area contributed by atoms with Gasteiger partial charge in [0.2, 0.25) is 5.91 Å². The molecule has 45 heavy (non-hydrogen) atoms. The first-order chi connectivity index (χ1) is 22.0. The van der Waals surface area contributed by atoms with Crippen LogP contribution < -0.4 is 4.90 Å². The van der Waals surface area contributed by atoms with Crippen molar-refractivity contribution in [2.45, 2.75) is 32.4 Å². The fourth-order valence-corrected chi connectivity index (χ4v) is 7.12. The zero-order chi connectivity index (χ0) is 31.1. The quantitative estimate of drug-likeness (QED) is 0.214. The first kappa shape index (κ1) is 28.8. The summed E-state index contributed by atoms with van der Waals surface area (Å²) < 4.78 is 14.6. The number of H-pyrrole nitrogens is 1. The molecule has 1 N–H and O–H groups in total. The molecule has 3 atom stereocenters. The normalized spacial score (nSPS) is 17.9. The molecule has 0 bridgehead atoms. The Kier molecular flexibility index (Phi) is 7.61. The van der Waals surface area contributed by atoms with Gasteiger partial charge in [-0.1, -0.05) is 99.1 Å². The maximum Gasteiger partial charge on any atom is 0.255 e. The Bertz CT molecular complexity index is 1860. The second-order valence-electron chi connectivity index (χ2n) is 12.1. The molecule has 4 aromatic carbocycles. The molecule has 3 unspecified atom stereocenters. The highest BCUT2D eigenvalue weighted by Crippen LogP contribution is 2.47. The molecule has 7 rings (SSSR count). The highest BCUT2D eigenvalue weighted by Gasteiger charge is 2.48. The van der Waals surface area contributed by atoms with Crippen LogP contribution in [0.5, 0.6) is 0 Å². The molecule has 1 aromatic heterocycles. The van der Waals surface area contributed by atoms with Gasteiger partial charge in [0.05, 0.1) is 17.4 Å². The molecule has 228 valence electrons. The molecule has 1 fully saturated rings. The molecule has 2 aliphatic rings. The number of hydrogen-bond acceptors (Lipinski definition) is 3. The van der Waals surface area contributed by atoms with Gasteiger partial charge in [0.25, 0.3) is 5.91 Å². The van der Waals surface area contributed by atoms with Gasteiger partial charge in [0.1, 0.15) is 11.9 Å². The van der Waals surface area contributed by atoms with Crippen LogP contribution in [0.25, 0.3) is 22.2 Å². The van der Waals surface area contributed by atoms with Crippen molar-refractivity contribution in [3.05, 3.63) is 126 Å². The molecular weight excluding hydrogens is 563 g/mol. The van der Waals surface area contributed by atoms with Crippen molar-refractivity contribution < 1.29 is 14.0 Å². The third-order valence-electron chi connectivity index (χ3n) is 9.60. The maximum atomic E-state index is 14.7. The molecule has 7 heteroatoms. The Balaban J connectivity index is 1.31. The zero-order valence-electron chi connectivity index (χ0n) is 25.6. The standard InChI is InChI=1S/C38H37FN4O2/c1-3-25(2)35(38(45)42-23-21-41(22-24-42)32-20-12-10-18-30(32)39)43-36(27-15-7-8-16-28(27)37(43)44)33-29-17-9-11-19-31(29)40-34(33)26-13-5-4-6-14-26/h4-20,25,35-36,40H,3,21-24H2,1-2H3. The molecule has 2 amide bonds. The van der Waals surface area contributed by atoms with Crippen LogP contribution in [0.2, 0.25) is 0 Å². The molecule has 1 saturated heterocycles. The summed E-state index contributed by atoms with van der Waals surface area (Å²) in [6.07, 6.45) is 0.734. The lowest BCUT2D eigenvalue weighted by atomic mass is 9.90. The van der Waals surface area contributed by atoms with E-state index in [1.807, 2.05) is 75.4 Å². The number of para-hydroxylation sites is 2. The molecule has 2 aliphatic heterocycles. The van der Waals surface area contributed by atoms with Crippen LogP contribution in [0.15, 0.2) is 103 Å². The highest BCUT2D eigenvalue weighted by atomic mass is 19.1. The van der Waals surface area contributed by atoms with E-state index in [2.05, 4.69) is 43.1 Å². The fraction of sp³-hybridized carbons (Fsp3) is 0.263. The minimum absolute atomic E-state index is 0.0511. The Labute approximate surface area is 263 Å². The summed E-state index contributed by atoms with van der Waals surface area (Å²) in [6, 6.07) is 31.8. The summed E-state index contributed by atoms with van der Waals surface area (Å²) in [6.45, 7) is 6.12. The van der Waals surface area contributed by atoms with E-state index >= 15 is 0 Å². The SMILES string of the molecule is CCC(C)C(C(=O)N1CCN(c2ccccc2F)CC1)N1C(=O)c2ccccc2C1c1c(-c2ccccc2)[nH]c2ccccc12. The monoisotopic (exact) mass is 600 g/mol. The van der Waals surface area contributed by atoms with E-state index in [-0.39, 0.29) is 23.5 Å². The van der Waals surface area contributed by atoms with E-state index in [1.54, 1.807) is 12.1 Å². The molecular formula is C38H37FN4O2. The number of benzene rings is 4. The van der Waals surface area contributed by atoms with Crippen LogP contribution in [0.3, 0.4) is 0 Å². The summed E-state index contributed by atoms with van der Waals surface area (Å²) in [4.78, 5) is 38.5. The van der Waals surface area contributed by atoms with Gasteiger partial charge in [-0.05, 0) is 41.3 Å². The number of piperazine rings is 1. The van der Waals surface area contributed by atoms with E-state index in [1.165, 1.54) is 6.07 Å². The van der Waals surface area contributed by atoms with Gasteiger partial charge < -0.3 is 19.7 Å². The van der Waals surface area contributed by atoms with E-state index in [0.717, 1.165) is 39.7 Å². The number of carbonyl (C=O) groups is 2. The second-order valence-corrected chi connectivity index (χ2v) is 12.1. The van der Waals surface area contributed by atoms with Crippen LogP contribution in [-0.2, 0) is 4.79 Å². The number of aromatic amines is 1. The Hall–Kier alpha value is -4.91. The highest BCUT2D eigenvalue weighted by molar-refractivity contribution is 6.04. The average molecular weight is 601 g/mol. The van der Waals surface area contributed by atoms with Gasteiger partial charge in [-0.25, -0.2) is 4.39 Å². The minimum Gasteiger partial charge on any atom is -0.366 e. The van der Waals surface area contributed by atoms with Crippen molar-refractivity contribution in [3.8, 4) is 11.3 Å². The van der Waals surface area contributed by atoms with Crippen molar-refractivity contribution in [2.75, 3.05) is 31.1 Å². The molecule has 5 aromatic rings. The van der Waals surface area contributed by atoms with Crippen LogP contribution in [0, 0.1) is 11.7 Å². The van der Waals surface area contributed by atoms with Gasteiger partial charge >= 0.3 is 0 Å². The fourth-order valence-electron chi connectivity index (χ4n) is 7.12. The predicted molar refractivity (Wildman–Crippen MR) is 177 cm³/mol. The Morgan fingerprint density at radius 2 is 1.53 bits per heavy atom. The van der Waals surface area contributed by atoms with E-state index in [4.69, 9.17) is 0 Å². The van der Waals surface area contributed by atoms with Crippen molar-refractivity contribution in [3.63, 3.8) is 0 Å². The Morgan fingerprint density at radius 3 is 2.29 bits per heavy atom. The molecule has 0 aliphatic carbocycles. The largest absolute Gasteiger partial charge is 0.366 e. The van der Waals surface area contributed by atoms with Crippen molar-refractivity contribution in [1.29, 1.82) is 0 Å². The number of halogens is 1. The number of nitrogens with zero attached hydrogens (tertiary/aromatic N) is 3. The molecule has 6 nitrogen and oxygen atoms in total. The average Bonchev–Trinajstić information content (AvgIpc) is 3.60. The van der Waals surface area contributed by atoms with Crippen molar-refractivity contribution in [2.24, 2.45) is 5.92 Å². The summed E-state index contributed by atoms with van der Waals surface area (Å²) in [5, 5.41) is 1.03. The number of hydrogen-bond donors (Lipinski definition) is 1.